The Hall–Kier alpha value is -1.30. The summed E-state index contributed by atoms with van der Waals surface area (Å²) in [6.45, 7) is 3.82. The highest BCUT2D eigenvalue weighted by Crippen LogP contribution is 2.17. The number of nitrogens with one attached hydrogen (secondary N) is 1. The molecule has 2 aliphatic rings. The number of piperidine rings is 1. The smallest absolute Gasteiger partial charge is 0.323 e. The maximum absolute atomic E-state index is 11.7. The highest BCUT2D eigenvalue weighted by molar-refractivity contribution is 5.76. The van der Waals surface area contributed by atoms with Gasteiger partial charge in [-0.25, -0.2) is 4.79 Å². The average molecular weight is 255 g/mol. The van der Waals surface area contributed by atoms with E-state index < -0.39 is 0 Å². The molecule has 0 aliphatic carbocycles. The van der Waals surface area contributed by atoms with E-state index in [1.807, 2.05) is 0 Å². The number of carbonyl (C=O) groups is 2. The molecule has 2 fully saturated rings. The Morgan fingerprint density at radius 2 is 2.22 bits per heavy atom. The lowest BCUT2D eigenvalue weighted by molar-refractivity contribution is -0.148. The van der Waals surface area contributed by atoms with Gasteiger partial charge in [-0.2, -0.15) is 0 Å². The van der Waals surface area contributed by atoms with E-state index >= 15 is 0 Å². The number of carbonyl (C=O) groups excluding carboxylic acids is 2. The summed E-state index contributed by atoms with van der Waals surface area (Å²) in [4.78, 5) is 27.0. The summed E-state index contributed by atoms with van der Waals surface area (Å²) in [6.07, 6.45) is 3.04. The third-order valence-corrected chi connectivity index (χ3v) is 3.69. The van der Waals surface area contributed by atoms with Crippen LogP contribution in [0.2, 0.25) is 0 Å². The van der Waals surface area contributed by atoms with Gasteiger partial charge in [0.05, 0.1) is 7.11 Å². The molecule has 0 aromatic carbocycles. The van der Waals surface area contributed by atoms with Gasteiger partial charge in [0, 0.05) is 26.2 Å². The molecule has 0 bridgehead atoms. The highest BCUT2D eigenvalue weighted by Gasteiger charge is 2.30. The summed E-state index contributed by atoms with van der Waals surface area (Å²) in [5.41, 5.74) is 0. The molecule has 1 atom stereocenters. The molecule has 102 valence electrons. The number of hydrogen-bond acceptors (Lipinski definition) is 4. The quantitative estimate of drug-likeness (QED) is 0.720. The number of esters is 1. The molecule has 2 rings (SSSR count). The van der Waals surface area contributed by atoms with E-state index in [0.29, 0.717) is 6.54 Å². The van der Waals surface area contributed by atoms with Crippen molar-refractivity contribution < 1.29 is 14.3 Å². The Labute approximate surface area is 107 Å². The van der Waals surface area contributed by atoms with Crippen LogP contribution in [0.15, 0.2) is 0 Å². The van der Waals surface area contributed by atoms with Gasteiger partial charge in [0.1, 0.15) is 6.04 Å². The minimum atomic E-state index is -0.152. The van der Waals surface area contributed by atoms with Crippen LogP contribution in [-0.4, -0.2) is 67.7 Å². The Morgan fingerprint density at radius 1 is 1.39 bits per heavy atom. The van der Waals surface area contributed by atoms with Crippen LogP contribution in [0.3, 0.4) is 0 Å². The second kappa shape index (κ2) is 6.04. The van der Waals surface area contributed by atoms with Crippen molar-refractivity contribution in [2.24, 2.45) is 0 Å². The van der Waals surface area contributed by atoms with Gasteiger partial charge in [-0.1, -0.05) is 6.42 Å². The zero-order valence-corrected chi connectivity index (χ0v) is 10.9. The fraction of sp³-hybridized carbons (Fsp3) is 0.833. The second-order valence-electron chi connectivity index (χ2n) is 4.79. The molecule has 6 nitrogen and oxygen atoms in total. The lowest BCUT2D eigenvalue weighted by Gasteiger charge is -2.34. The third kappa shape index (κ3) is 2.93. The molecule has 2 amide bonds. The Bertz CT molecular complexity index is 322. The van der Waals surface area contributed by atoms with E-state index in [9.17, 15) is 9.59 Å². The molecule has 2 aliphatic heterocycles. The molecular weight excluding hydrogens is 234 g/mol. The first kappa shape index (κ1) is 13.1. The number of likely N-dealkylation sites (tertiary alicyclic amines) is 1. The number of rotatable bonds is 4. The van der Waals surface area contributed by atoms with Crippen LogP contribution in [0, 0.1) is 0 Å². The molecule has 0 spiro atoms. The Kier molecular flexibility index (Phi) is 4.41. The van der Waals surface area contributed by atoms with Gasteiger partial charge in [0.25, 0.3) is 0 Å². The molecule has 0 aromatic heterocycles. The minimum absolute atomic E-state index is 0.00151. The SMILES string of the molecule is COC(=O)[C@H]1CCCCN1CCN1CCNC1=O. The van der Waals surface area contributed by atoms with Gasteiger partial charge >= 0.3 is 12.0 Å². The Balaban J connectivity index is 1.85. The van der Waals surface area contributed by atoms with Crippen molar-refractivity contribution in [2.45, 2.75) is 25.3 Å². The summed E-state index contributed by atoms with van der Waals surface area (Å²) >= 11 is 0. The van der Waals surface area contributed by atoms with Crippen LogP contribution in [0.5, 0.6) is 0 Å². The summed E-state index contributed by atoms with van der Waals surface area (Å²) in [5, 5.41) is 2.78. The average Bonchev–Trinajstić information content (AvgIpc) is 2.81. The lowest BCUT2D eigenvalue weighted by Crippen LogP contribution is -2.48. The summed E-state index contributed by atoms with van der Waals surface area (Å²) in [5.74, 6) is -0.152. The first-order valence-electron chi connectivity index (χ1n) is 6.57. The maximum atomic E-state index is 11.7. The van der Waals surface area contributed by atoms with Gasteiger partial charge in [0.15, 0.2) is 0 Å². The zero-order valence-electron chi connectivity index (χ0n) is 10.9. The molecule has 1 N–H and O–H groups in total. The fourth-order valence-electron chi connectivity index (χ4n) is 2.64. The highest BCUT2D eigenvalue weighted by atomic mass is 16.5. The molecule has 0 radical (unpaired) electrons. The molecular formula is C12H21N3O3. The van der Waals surface area contributed by atoms with E-state index in [4.69, 9.17) is 4.74 Å². The Morgan fingerprint density at radius 3 is 2.89 bits per heavy atom. The third-order valence-electron chi connectivity index (χ3n) is 3.69. The van der Waals surface area contributed by atoms with Gasteiger partial charge in [0.2, 0.25) is 0 Å². The van der Waals surface area contributed by atoms with E-state index in [2.05, 4.69) is 10.2 Å². The van der Waals surface area contributed by atoms with Gasteiger partial charge in [-0.15, -0.1) is 0 Å². The minimum Gasteiger partial charge on any atom is -0.468 e. The van der Waals surface area contributed by atoms with Crippen molar-refractivity contribution in [3.63, 3.8) is 0 Å². The van der Waals surface area contributed by atoms with Gasteiger partial charge < -0.3 is 15.0 Å². The summed E-state index contributed by atoms with van der Waals surface area (Å²) in [6, 6.07) is -0.129. The first-order valence-corrected chi connectivity index (χ1v) is 6.57. The van der Waals surface area contributed by atoms with Crippen LogP contribution >= 0.6 is 0 Å². The number of ether oxygens (including phenoxy) is 1. The topological polar surface area (TPSA) is 61.9 Å². The molecule has 2 saturated heterocycles. The monoisotopic (exact) mass is 255 g/mol. The van der Waals surface area contributed by atoms with Crippen molar-refractivity contribution >= 4 is 12.0 Å². The van der Waals surface area contributed by atoms with Gasteiger partial charge in [-0.3, -0.25) is 9.69 Å². The van der Waals surface area contributed by atoms with Crippen molar-refractivity contribution in [3.05, 3.63) is 0 Å². The van der Waals surface area contributed by atoms with E-state index in [0.717, 1.165) is 45.4 Å². The second-order valence-corrected chi connectivity index (χ2v) is 4.79. The molecule has 18 heavy (non-hydrogen) atoms. The summed E-state index contributed by atoms with van der Waals surface area (Å²) in [7, 11) is 1.43. The normalized spacial score (nSPS) is 25.1. The van der Waals surface area contributed by atoms with Crippen LogP contribution in [0.4, 0.5) is 4.79 Å². The number of amides is 2. The molecule has 6 heteroatoms. The number of hydrogen-bond donors (Lipinski definition) is 1. The fourth-order valence-corrected chi connectivity index (χ4v) is 2.64. The van der Waals surface area contributed by atoms with Crippen LogP contribution in [-0.2, 0) is 9.53 Å². The largest absolute Gasteiger partial charge is 0.468 e. The van der Waals surface area contributed by atoms with E-state index in [-0.39, 0.29) is 18.0 Å². The number of methoxy groups -OCH3 is 1. The van der Waals surface area contributed by atoms with E-state index in [1.165, 1.54) is 7.11 Å². The van der Waals surface area contributed by atoms with Crippen molar-refractivity contribution in [2.75, 3.05) is 39.8 Å². The number of nitrogens with zero attached hydrogens (tertiary/aromatic N) is 2. The predicted octanol–water partition coefficient (Wildman–Crippen LogP) is 0.0391. The van der Waals surface area contributed by atoms with E-state index in [1.54, 1.807) is 4.90 Å². The van der Waals surface area contributed by atoms with Crippen molar-refractivity contribution in [3.8, 4) is 0 Å². The van der Waals surface area contributed by atoms with Crippen LogP contribution in [0.25, 0.3) is 0 Å². The summed E-state index contributed by atoms with van der Waals surface area (Å²) < 4.78 is 4.84. The maximum Gasteiger partial charge on any atom is 0.323 e. The lowest BCUT2D eigenvalue weighted by atomic mass is 10.0. The first-order chi connectivity index (χ1) is 8.72. The van der Waals surface area contributed by atoms with Crippen LogP contribution in [0.1, 0.15) is 19.3 Å². The molecule has 0 unspecified atom stereocenters. The molecule has 2 heterocycles. The van der Waals surface area contributed by atoms with Crippen molar-refractivity contribution in [1.29, 1.82) is 0 Å². The predicted molar refractivity (Wildman–Crippen MR) is 66.2 cm³/mol. The number of urea groups is 1. The zero-order chi connectivity index (χ0) is 13.0. The van der Waals surface area contributed by atoms with Gasteiger partial charge in [-0.05, 0) is 19.4 Å². The standard InChI is InChI=1S/C12H21N3O3/c1-18-11(16)10-4-2-3-6-14(10)8-9-15-7-5-13-12(15)17/h10H,2-9H2,1H3,(H,13,17)/t10-/m1/s1. The van der Waals surface area contributed by atoms with Crippen molar-refractivity contribution in [1.82, 2.24) is 15.1 Å². The van der Waals surface area contributed by atoms with Crippen LogP contribution < -0.4 is 5.32 Å². The molecule has 0 aromatic rings. The molecule has 0 saturated carbocycles.